The Labute approximate surface area is 106 Å². The summed E-state index contributed by atoms with van der Waals surface area (Å²) in [6, 6.07) is 1.58. The minimum absolute atomic E-state index is 0.0359. The highest BCUT2D eigenvalue weighted by atomic mass is 16.6. The lowest BCUT2D eigenvalue weighted by molar-refractivity contribution is -0.385. The fourth-order valence-electron chi connectivity index (χ4n) is 2.31. The number of aryl methyl sites for hydroxylation is 1. The molecule has 1 aromatic rings. The number of nitrogens with one attached hydrogen (secondary N) is 1. The van der Waals surface area contributed by atoms with E-state index in [0.717, 1.165) is 31.0 Å². The molecule has 18 heavy (non-hydrogen) atoms. The van der Waals surface area contributed by atoms with Crippen LogP contribution in [0.3, 0.4) is 0 Å². The fraction of sp³-hybridized carbons (Fsp3) is 0.583. The molecule has 0 spiro atoms. The Kier molecular flexibility index (Phi) is 3.21. The van der Waals surface area contributed by atoms with Crippen molar-refractivity contribution in [3.8, 4) is 0 Å². The Morgan fingerprint density at radius 3 is 2.83 bits per heavy atom. The average Bonchev–Trinajstić information content (AvgIpc) is 2.27. The predicted octanol–water partition coefficient (Wildman–Crippen LogP) is 1.49. The lowest BCUT2D eigenvalue weighted by Crippen LogP contribution is -2.57. The van der Waals surface area contributed by atoms with Gasteiger partial charge in [0.05, 0.1) is 4.92 Å². The molecule has 0 radical (unpaired) electrons. The highest BCUT2D eigenvalue weighted by molar-refractivity contribution is 5.51. The van der Waals surface area contributed by atoms with Crippen molar-refractivity contribution in [3.05, 3.63) is 27.9 Å². The van der Waals surface area contributed by atoms with Crippen LogP contribution in [0.1, 0.15) is 19.4 Å². The number of hydrogen-bond donors (Lipinski definition) is 1. The third kappa shape index (κ3) is 2.59. The third-order valence-electron chi connectivity index (χ3n) is 3.12. The van der Waals surface area contributed by atoms with Gasteiger partial charge in [0.25, 0.3) is 5.69 Å². The standard InChI is InChI=1S/C12H18N4O2/c1-9-6-10(16(17)18)7-13-11(9)15-5-4-14-12(2,3)8-15/h6-7,14H,4-5,8H2,1-3H3. The number of anilines is 1. The van der Waals surface area contributed by atoms with E-state index in [2.05, 4.69) is 29.0 Å². The van der Waals surface area contributed by atoms with Gasteiger partial charge in [-0.1, -0.05) is 0 Å². The zero-order chi connectivity index (χ0) is 13.3. The van der Waals surface area contributed by atoms with Gasteiger partial charge >= 0.3 is 0 Å². The number of aromatic nitrogens is 1. The molecule has 6 heteroatoms. The van der Waals surface area contributed by atoms with Crippen LogP contribution in [-0.2, 0) is 0 Å². The number of piperazine rings is 1. The molecule has 0 bridgehead atoms. The molecular weight excluding hydrogens is 232 g/mol. The molecule has 0 amide bonds. The van der Waals surface area contributed by atoms with Gasteiger partial charge < -0.3 is 10.2 Å². The number of rotatable bonds is 2. The second-order valence-corrected chi connectivity index (χ2v) is 5.32. The van der Waals surface area contributed by atoms with E-state index in [1.807, 2.05) is 6.92 Å². The van der Waals surface area contributed by atoms with E-state index in [-0.39, 0.29) is 11.2 Å². The predicted molar refractivity (Wildman–Crippen MR) is 69.9 cm³/mol. The van der Waals surface area contributed by atoms with Gasteiger partial charge in [0, 0.05) is 31.2 Å². The van der Waals surface area contributed by atoms with Crippen molar-refractivity contribution in [2.75, 3.05) is 24.5 Å². The summed E-state index contributed by atoms with van der Waals surface area (Å²) >= 11 is 0. The van der Waals surface area contributed by atoms with E-state index < -0.39 is 4.92 Å². The maximum Gasteiger partial charge on any atom is 0.287 e. The van der Waals surface area contributed by atoms with E-state index in [1.54, 1.807) is 6.07 Å². The van der Waals surface area contributed by atoms with Crippen LogP contribution in [0.2, 0.25) is 0 Å². The van der Waals surface area contributed by atoms with Gasteiger partial charge in [-0.05, 0) is 26.3 Å². The summed E-state index contributed by atoms with van der Waals surface area (Å²) < 4.78 is 0. The molecule has 0 aromatic carbocycles. The van der Waals surface area contributed by atoms with Crippen LogP contribution in [0.5, 0.6) is 0 Å². The van der Waals surface area contributed by atoms with Crippen LogP contribution in [-0.4, -0.2) is 35.1 Å². The lowest BCUT2D eigenvalue weighted by atomic mass is 10.0. The second-order valence-electron chi connectivity index (χ2n) is 5.32. The average molecular weight is 250 g/mol. The summed E-state index contributed by atoms with van der Waals surface area (Å²) in [5, 5.41) is 14.1. The van der Waals surface area contributed by atoms with Crippen LogP contribution in [0, 0.1) is 17.0 Å². The largest absolute Gasteiger partial charge is 0.353 e. The first-order chi connectivity index (χ1) is 8.39. The Hall–Kier alpha value is -1.69. The molecule has 1 aliphatic rings. The Bertz CT molecular complexity index is 473. The first-order valence-electron chi connectivity index (χ1n) is 6.00. The van der Waals surface area contributed by atoms with Crippen molar-refractivity contribution < 1.29 is 4.92 Å². The molecular formula is C12H18N4O2. The first-order valence-corrected chi connectivity index (χ1v) is 6.00. The van der Waals surface area contributed by atoms with Crippen LogP contribution in [0.4, 0.5) is 11.5 Å². The highest BCUT2D eigenvalue weighted by Gasteiger charge is 2.27. The van der Waals surface area contributed by atoms with E-state index in [4.69, 9.17) is 0 Å². The number of nitro groups is 1. The van der Waals surface area contributed by atoms with E-state index in [9.17, 15) is 10.1 Å². The number of hydrogen-bond acceptors (Lipinski definition) is 5. The normalized spacial score (nSPS) is 18.7. The molecule has 0 unspecified atom stereocenters. The van der Waals surface area contributed by atoms with Crippen LogP contribution < -0.4 is 10.2 Å². The molecule has 6 nitrogen and oxygen atoms in total. The molecule has 1 fully saturated rings. The zero-order valence-corrected chi connectivity index (χ0v) is 10.9. The van der Waals surface area contributed by atoms with Gasteiger partial charge in [0.15, 0.2) is 0 Å². The summed E-state index contributed by atoms with van der Waals surface area (Å²) in [6.07, 6.45) is 1.33. The molecule has 1 aliphatic heterocycles. The van der Waals surface area contributed by atoms with Gasteiger partial charge in [-0.3, -0.25) is 10.1 Å². The van der Waals surface area contributed by atoms with Crippen molar-refractivity contribution in [1.82, 2.24) is 10.3 Å². The van der Waals surface area contributed by atoms with Crippen molar-refractivity contribution in [2.45, 2.75) is 26.3 Å². The van der Waals surface area contributed by atoms with Gasteiger partial charge in [-0.2, -0.15) is 0 Å². The highest BCUT2D eigenvalue weighted by Crippen LogP contribution is 2.24. The molecule has 0 aliphatic carbocycles. The van der Waals surface area contributed by atoms with Crippen LogP contribution in [0.25, 0.3) is 0 Å². The summed E-state index contributed by atoms with van der Waals surface area (Å²) in [6.45, 7) is 8.75. The quantitative estimate of drug-likeness (QED) is 0.636. The van der Waals surface area contributed by atoms with Crippen LogP contribution >= 0.6 is 0 Å². The van der Waals surface area contributed by atoms with Gasteiger partial charge in [0.1, 0.15) is 12.0 Å². The molecule has 0 atom stereocenters. The van der Waals surface area contributed by atoms with Gasteiger partial charge in [-0.15, -0.1) is 0 Å². The smallest absolute Gasteiger partial charge is 0.287 e. The van der Waals surface area contributed by atoms with Crippen molar-refractivity contribution in [1.29, 1.82) is 0 Å². The van der Waals surface area contributed by atoms with E-state index in [1.165, 1.54) is 6.20 Å². The minimum Gasteiger partial charge on any atom is -0.353 e. The Balaban J connectivity index is 2.26. The molecule has 1 saturated heterocycles. The number of nitrogens with zero attached hydrogens (tertiary/aromatic N) is 3. The van der Waals surface area contributed by atoms with Gasteiger partial charge in [-0.25, -0.2) is 4.98 Å². The lowest BCUT2D eigenvalue weighted by Gasteiger charge is -2.40. The maximum absolute atomic E-state index is 10.7. The maximum atomic E-state index is 10.7. The van der Waals surface area contributed by atoms with Crippen LogP contribution in [0.15, 0.2) is 12.3 Å². The number of pyridine rings is 1. The molecule has 1 N–H and O–H groups in total. The fourth-order valence-corrected chi connectivity index (χ4v) is 2.31. The SMILES string of the molecule is Cc1cc([N+](=O)[O-])cnc1N1CCNC(C)(C)C1. The molecule has 2 heterocycles. The first kappa shape index (κ1) is 12.8. The summed E-state index contributed by atoms with van der Waals surface area (Å²) in [5.41, 5.74) is 0.932. The summed E-state index contributed by atoms with van der Waals surface area (Å²) in [4.78, 5) is 16.7. The second kappa shape index (κ2) is 4.53. The van der Waals surface area contributed by atoms with E-state index in [0.29, 0.717) is 0 Å². The van der Waals surface area contributed by atoms with Gasteiger partial charge in [0.2, 0.25) is 0 Å². The molecule has 98 valence electrons. The van der Waals surface area contributed by atoms with Crippen molar-refractivity contribution >= 4 is 11.5 Å². The minimum atomic E-state index is -0.411. The molecule has 2 rings (SSSR count). The zero-order valence-electron chi connectivity index (χ0n) is 10.9. The topological polar surface area (TPSA) is 71.3 Å². The molecule has 0 saturated carbocycles. The summed E-state index contributed by atoms with van der Waals surface area (Å²) in [7, 11) is 0. The monoisotopic (exact) mass is 250 g/mol. The summed E-state index contributed by atoms with van der Waals surface area (Å²) in [5.74, 6) is 0.843. The van der Waals surface area contributed by atoms with Crippen molar-refractivity contribution in [2.24, 2.45) is 0 Å². The third-order valence-corrected chi connectivity index (χ3v) is 3.12. The van der Waals surface area contributed by atoms with E-state index >= 15 is 0 Å². The Morgan fingerprint density at radius 1 is 1.56 bits per heavy atom. The Morgan fingerprint density at radius 2 is 2.28 bits per heavy atom. The molecule has 1 aromatic heterocycles. The van der Waals surface area contributed by atoms with Crippen molar-refractivity contribution in [3.63, 3.8) is 0 Å².